The Kier molecular flexibility index (Phi) is 4.55. The first-order chi connectivity index (χ1) is 14.0. The van der Waals surface area contributed by atoms with Crippen molar-refractivity contribution in [3.8, 4) is 11.3 Å². The van der Waals surface area contributed by atoms with Crippen LogP contribution in [0.5, 0.6) is 0 Å². The van der Waals surface area contributed by atoms with Crippen molar-refractivity contribution in [2.75, 3.05) is 7.05 Å². The minimum absolute atomic E-state index is 0.219. The van der Waals surface area contributed by atoms with Gasteiger partial charge in [0.25, 0.3) is 0 Å². The molecule has 0 radical (unpaired) electrons. The molecular formula is C17H21F2N5O4. The Morgan fingerprint density at radius 1 is 1.39 bits per heavy atom. The molecule has 0 N–H and O–H groups in total. The molecule has 2 rings (SSSR count). The lowest BCUT2D eigenvalue weighted by Crippen LogP contribution is -2.36. The predicted octanol–water partition coefficient (Wildman–Crippen LogP) is 3.60. The Labute approximate surface area is 164 Å². The van der Waals surface area contributed by atoms with Gasteiger partial charge >= 0.3 is 11.8 Å². The minimum Gasteiger partial charge on any atom is -0.444 e. The largest absolute Gasteiger partial charge is 0.444 e. The number of benzene rings is 1. The van der Waals surface area contributed by atoms with E-state index >= 15 is 0 Å². The number of halogens is 2. The topological polar surface area (TPSA) is 103 Å². The summed E-state index contributed by atoms with van der Waals surface area (Å²) in [6.07, 6.45) is -0.792. The fraction of sp³-hybridized carbons (Fsp3) is 0.471. The number of carbonyl (C=O) groups excluding carboxylic acids is 1. The summed E-state index contributed by atoms with van der Waals surface area (Å²) in [5.74, 6) is -2.55. The van der Waals surface area contributed by atoms with Gasteiger partial charge in [-0.1, -0.05) is 0 Å². The van der Waals surface area contributed by atoms with Crippen LogP contribution in [0.2, 0.25) is 0 Å². The van der Waals surface area contributed by atoms with Crippen LogP contribution in [0.4, 0.5) is 19.3 Å². The highest BCUT2D eigenvalue weighted by atomic mass is 19.1. The van der Waals surface area contributed by atoms with Crippen LogP contribution in [-0.4, -0.2) is 43.6 Å². The molecule has 0 saturated carbocycles. The lowest BCUT2D eigenvalue weighted by molar-refractivity contribution is -0.387. The molecule has 0 saturated heterocycles. The van der Waals surface area contributed by atoms with Crippen LogP contribution in [0.1, 0.15) is 43.5 Å². The van der Waals surface area contributed by atoms with Crippen LogP contribution in [0.25, 0.3) is 11.3 Å². The molecule has 1 amide bonds. The molecule has 2 aromatic rings. The van der Waals surface area contributed by atoms with Crippen molar-refractivity contribution in [2.24, 2.45) is 6.98 Å². The number of hydrogen-bond acceptors (Lipinski definition) is 6. The van der Waals surface area contributed by atoms with Crippen LogP contribution in [0.15, 0.2) is 12.1 Å². The Balaban J connectivity index is 2.67. The maximum atomic E-state index is 14.8. The second-order valence-electron chi connectivity index (χ2n) is 7.03. The number of carbonyl (C=O) groups is 1. The monoisotopic (exact) mass is 400 g/mol. The van der Waals surface area contributed by atoms with E-state index in [0.29, 0.717) is 16.9 Å². The summed E-state index contributed by atoms with van der Waals surface area (Å²) in [6.45, 7) is 3.48. The van der Waals surface area contributed by atoms with Gasteiger partial charge in [0.15, 0.2) is 0 Å². The number of aryl methyl sites for hydroxylation is 1. The molecule has 0 spiro atoms. The van der Waals surface area contributed by atoms with Crippen molar-refractivity contribution in [2.45, 2.75) is 39.3 Å². The molecule has 0 aliphatic rings. The molecule has 28 heavy (non-hydrogen) atoms. The fourth-order valence-corrected chi connectivity index (χ4v) is 2.35. The number of amides is 1. The average Bonchev–Trinajstić information content (AvgIpc) is 3.05. The van der Waals surface area contributed by atoms with Crippen molar-refractivity contribution in [3.05, 3.63) is 39.6 Å². The fourth-order valence-electron chi connectivity index (χ4n) is 2.35. The molecule has 0 aliphatic carbocycles. The average molecular weight is 400 g/mol. The molecule has 152 valence electrons. The maximum Gasteiger partial charge on any atom is 0.410 e. The molecule has 1 unspecified atom stereocenters. The van der Waals surface area contributed by atoms with E-state index in [9.17, 15) is 23.7 Å². The molecule has 1 aromatic carbocycles. The molecule has 9 nitrogen and oxygen atoms in total. The van der Waals surface area contributed by atoms with Gasteiger partial charge in [-0.15, -0.1) is 0 Å². The summed E-state index contributed by atoms with van der Waals surface area (Å²) in [7, 11) is 1.33. The third-order valence-corrected chi connectivity index (χ3v) is 3.77. The van der Waals surface area contributed by atoms with Crippen LogP contribution >= 0.6 is 0 Å². The zero-order valence-corrected chi connectivity index (χ0v) is 15.9. The number of nitro groups is 1. The number of rotatable bonds is 4. The lowest BCUT2D eigenvalue weighted by Gasteiger charge is -2.28. The van der Waals surface area contributed by atoms with Crippen molar-refractivity contribution in [1.29, 1.82) is 0 Å². The van der Waals surface area contributed by atoms with Gasteiger partial charge in [0.2, 0.25) is 5.82 Å². The summed E-state index contributed by atoms with van der Waals surface area (Å²) in [5, 5.41) is 18.6. The zero-order chi connectivity index (χ0) is 23.9. The summed E-state index contributed by atoms with van der Waals surface area (Å²) in [6, 6.07) is 0.0192. The molecular weight excluding hydrogens is 376 g/mol. The van der Waals surface area contributed by atoms with Crippen molar-refractivity contribution < 1.29 is 27.3 Å². The number of ether oxygens (including phenoxy) is 1. The molecule has 0 aliphatic heterocycles. The molecule has 11 heteroatoms. The standard InChI is InChI=1S/C17H21F2N5O4/c1-9(22(5)16(25)28-17(2,3)4)14-15(21-23(6)20-14)11-7-10(18)8-12(13(11)19)24(26)27/h7-9H,1-6H3/i6D3. The van der Waals surface area contributed by atoms with Gasteiger partial charge in [0.05, 0.1) is 17.0 Å². The van der Waals surface area contributed by atoms with Crippen LogP contribution in [0, 0.1) is 21.7 Å². The molecule has 0 bridgehead atoms. The molecule has 1 heterocycles. The van der Waals surface area contributed by atoms with E-state index in [1.54, 1.807) is 20.8 Å². The summed E-state index contributed by atoms with van der Waals surface area (Å²) < 4.78 is 56.5. The molecule has 1 atom stereocenters. The number of nitro benzene ring substituents is 1. The van der Waals surface area contributed by atoms with Gasteiger partial charge in [-0.2, -0.15) is 19.4 Å². The van der Waals surface area contributed by atoms with Crippen LogP contribution in [-0.2, 0) is 11.7 Å². The van der Waals surface area contributed by atoms with Crippen molar-refractivity contribution in [3.63, 3.8) is 0 Å². The quantitative estimate of drug-likeness (QED) is 0.574. The van der Waals surface area contributed by atoms with Gasteiger partial charge in [-0.25, -0.2) is 9.18 Å². The van der Waals surface area contributed by atoms with E-state index < -0.39 is 58.2 Å². The van der Waals surface area contributed by atoms with Gasteiger partial charge in [-0.3, -0.25) is 10.1 Å². The summed E-state index contributed by atoms with van der Waals surface area (Å²) in [4.78, 5) is 23.7. The van der Waals surface area contributed by atoms with E-state index in [2.05, 4.69) is 10.2 Å². The van der Waals surface area contributed by atoms with Gasteiger partial charge < -0.3 is 9.64 Å². The van der Waals surface area contributed by atoms with Crippen molar-refractivity contribution >= 4 is 11.8 Å². The molecule has 0 fully saturated rings. The zero-order valence-electron chi connectivity index (χ0n) is 18.9. The second-order valence-corrected chi connectivity index (χ2v) is 7.03. The smallest absolute Gasteiger partial charge is 0.410 e. The Bertz CT molecular complexity index is 1020. The summed E-state index contributed by atoms with van der Waals surface area (Å²) in [5.41, 5.74) is -3.33. The number of aromatic nitrogens is 3. The SMILES string of the molecule is [2H]C([2H])([2H])n1nc(-c2cc(F)cc([N+](=O)[O-])c2F)c(C(C)N(C)C(=O)OC(C)(C)C)n1. The first-order valence-electron chi connectivity index (χ1n) is 9.60. The highest BCUT2D eigenvalue weighted by Crippen LogP contribution is 2.34. The van der Waals surface area contributed by atoms with Gasteiger partial charge in [0, 0.05) is 23.7 Å². The number of nitrogens with zero attached hydrogens (tertiary/aromatic N) is 5. The highest BCUT2D eigenvalue weighted by Gasteiger charge is 2.31. The molecule has 1 aromatic heterocycles. The lowest BCUT2D eigenvalue weighted by atomic mass is 10.0. The third-order valence-electron chi connectivity index (χ3n) is 3.77. The maximum absolute atomic E-state index is 14.8. The van der Waals surface area contributed by atoms with Crippen LogP contribution in [0.3, 0.4) is 0 Å². The van der Waals surface area contributed by atoms with Gasteiger partial charge in [-0.05, 0) is 33.8 Å². The van der Waals surface area contributed by atoms with E-state index in [0.717, 1.165) is 4.90 Å². The Hall–Kier alpha value is -3.11. The normalized spacial score (nSPS) is 14.6. The first-order valence-corrected chi connectivity index (χ1v) is 8.10. The number of hydrogen-bond donors (Lipinski definition) is 0. The van der Waals surface area contributed by atoms with Crippen LogP contribution < -0.4 is 0 Å². The van der Waals surface area contributed by atoms with E-state index in [-0.39, 0.29) is 5.69 Å². The first kappa shape index (κ1) is 17.0. The predicted molar refractivity (Wildman–Crippen MR) is 95.4 cm³/mol. The second kappa shape index (κ2) is 7.49. The van der Waals surface area contributed by atoms with Crippen molar-refractivity contribution in [1.82, 2.24) is 19.9 Å². The minimum atomic E-state index is -2.88. The van der Waals surface area contributed by atoms with E-state index in [1.807, 2.05) is 0 Å². The Morgan fingerprint density at radius 2 is 2.04 bits per heavy atom. The van der Waals surface area contributed by atoms with E-state index in [1.165, 1.54) is 14.0 Å². The van der Waals surface area contributed by atoms with Gasteiger partial charge in [0.1, 0.15) is 22.8 Å². The third kappa shape index (κ3) is 4.41. The summed E-state index contributed by atoms with van der Waals surface area (Å²) >= 11 is 0. The highest BCUT2D eigenvalue weighted by molar-refractivity contribution is 5.70. The van der Waals surface area contributed by atoms with E-state index in [4.69, 9.17) is 8.85 Å². The Morgan fingerprint density at radius 3 is 2.57 bits per heavy atom.